The summed E-state index contributed by atoms with van der Waals surface area (Å²) in [5.41, 5.74) is 0.574. The van der Waals surface area contributed by atoms with Crippen LogP contribution >= 0.6 is 0 Å². The van der Waals surface area contributed by atoms with E-state index in [2.05, 4.69) is 44.8 Å². The van der Waals surface area contributed by atoms with E-state index in [0.717, 1.165) is 13.1 Å². The molecule has 1 rings (SSSR count). The lowest BCUT2D eigenvalue weighted by Crippen LogP contribution is -2.56. The molecule has 0 atom stereocenters. The molecule has 0 radical (unpaired) electrons. The fourth-order valence-corrected chi connectivity index (χ4v) is 2.40. The van der Waals surface area contributed by atoms with E-state index in [1.807, 2.05) is 0 Å². The van der Waals surface area contributed by atoms with Crippen LogP contribution < -0.4 is 5.32 Å². The van der Waals surface area contributed by atoms with Gasteiger partial charge in [-0.25, -0.2) is 0 Å². The van der Waals surface area contributed by atoms with Gasteiger partial charge >= 0.3 is 0 Å². The van der Waals surface area contributed by atoms with Gasteiger partial charge in [-0.15, -0.1) is 0 Å². The van der Waals surface area contributed by atoms with E-state index < -0.39 is 0 Å². The molecule has 2 nitrogen and oxygen atoms in total. The van der Waals surface area contributed by atoms with Crippen molar-refractivity contribution in [1.82, 2.24) is 10.2 Å². The van der Waals surface area contributed by atoms with Crippen molar-refractivity contribution in [2.24, 2.45) is 0 Å². The summed E-state index contributed by atoms with van der Waals surface area (Å²) in [5.74, 6) is 0. The van der Waals surface area contributed by atoms with Gasteiger partial charge in [0.15, 0.2) is 0 Å². The number of nitrogens with one attached hydrogen (secondary N) is 1. The Hall–Kier alpha value is -0.0800. The highest BCUT2D eigenvalue weighted by Crippen LogP contribution is 2.25. The molecule has 1 heterocycles. The molecule has 1 saturated heterocycles. The predicted molar refractivity (Wildman–Crippen MR) is 58.0 cm³/mol. The van der Waals surface area contributed by atoms with Crippen molar-refractivity contribution in [2.45, 2.75) is 52.1 Å². The maximum absolute atomic E-state index is 3.50. The van der Waals surface area contributed by atoms with Crippen molar-refractivity contribution in [3.05, 3.63) is 0 Å². The van der Waals surface area contributed by atoms with E-state index >= 15 is 0 Å². The zero-order valence-electron chi connectivity index (χ0n) is 9.78. The van der Waals surface area contributed by atoms with E-state index in [1.165, 1.54) is 13.0 Å². The molecule has 0 unspecified atom stereocenters. The first-order valence-corrected chi connectivity index (χ1v) is 5.32. The Kier molecular flexibility index (Phi) is 3.03. The molecule has 0 bridgehead atoms. The maximum Gasteiger partial charge on any atom is 0.0282 e. The van der Waals surface area contributed by atoms with Gasteiger partial charge in [0.25, 0.3) is 0 Å². The average Bonchev–Trinajstić information content (AvgIpc) is 2.07. The standard InChI is InChI=1S/C11H24N2/c1-10(2,3)13-8-6-7-12-9-11(13,4)5/h12H,6-9H2,1-5H3. The second-order valence-corrected chi connectivity index (χ2v) is 5.67. The molecule has 1 aliphatic heterocycles. The lowest BCUT2D eigenvalue weighted by molar-refractivity contribution is 0.0373. The lowest BCUT2D eigenvalue weighted by Gasteiger charge is -2.46. The van der Waals surface area contributed by atoms with Gasteiger partial charge in [-0.1, -0.05) is 0 Å². The summed E-state index contributed by atoms with van der Waals surface area (Å²) in [6.45, 7) is 15.1. The van der Waals surface area contributed by atoms with E-state index in [9.17, 15) is 0 Å². The monoisotopic (exact) mass is 184 g/mol. The molecular formula is C11H24N2. The molecule has 78 valence electrons. The molecule has 0 aromatic heterocycles. The molecule has 0 aromatic carbocycles. The topological polar surface area (TPSA) is 15.3 Å². The molecule has 0 aromatic rings. The second kappa shape index (κ2) is 3.58. The van der Waals surface area contributed by atoms with Gasteiger partial charge in [-0.05, 0) is 47.6 Å². The molecule has 2 heteroatoms. The van der Waals surface area contributed by atoms with Crippen molar-refractivity contribution in [3.63, 3.8) is 0 Å². The minimum Gasteiger partial charge on any atom is -0.315 e. The van der Waals surface area contributed by atoms with Gasteiger partial charge < -0.3 is 5.32 Å². The first kappa shape index (κ1) is 11.0. The Morgan fingerprint density at radius 1 is 1.23 bits per heavy atom. The minimum absolute atomic E-state index is 0.286. The Bertz CT molecular complexity index is 167. The average molecular weight is 184 g/mol. The number of nitrogens with zero attached hydrogens (tertiary/aromatic N) is 1. The normalized spacial score (nSPS) is 25.6. The summed E-state index contributed by atoms with van der Waals surface area (Å²) in [5, 5.41) is 3.50. The summed E-state index contributed by atoms with van der Waals surface area (Å²) in [6, 6.07) is 0. The summed E-state index contributed by atoms with van der Waals surface area (Å²) in [6.07, 6.45) is 1.26. The van der Waals surface area contributed by atoms with Crippen molar-refractivity contribution in [2.75, 3.05) is 19.6 Å². The van der Waals surface area contributed by atoms with E-state index in [1.54, 1.807) is 0 Å². The van der Waals surface area contributed by atoms with Gasteiger partial charge in [-0.3, -0.25) is 4.90 Å². The van der Waals surface area contributed by atoms with Crippen molar-refractivity contribution >= 4 is 0 Å². The SMILES string of the molecule is CC(C)(C)N1CCCNCC1(C)C. The van der Waals surface area contributed by atoms with Crippen LogP contribution in [-0.4, -0.2) is 35.6 Å². The first-order valence-electron chi connectivity index (χ1n) is 5.32. The number of hydrogen-bond donors (Lipinski definition) is 1. The quantitative estimate of drug-likeness (QED) is 0.618. The van der Waals surface area contributed by atoms with Gasteiger partial charge in [0.1, 0.15) is 0 Å². The molecule has 0 saturated carbocycles. The third kappa shape index (κ3) is 2.68. The highest BCUT2D eigenvalue weighted by Gasteiger charge is 2.35. The zero-order chi connectivity index (χ0) is 10.1. The van der Waals surface area contributed by atoms with Crippen molar-refractivity contribution in [1.29, 1.82) is 0 Å². The van der Waals surface area contributed by atoms with Crippen LogP contribution in [0.4, 0.5) is 0 Å². The highest BCUT2D eigenvalue weighted by molar-refractivity contribution is 4.93. The predicted octanol–water partition coefficient (Wildman–Crippen LogP) is 1.86. The van der Waals surface area contributed by atoms with Gasteiger partial charge in [0, 0.05) is 24.2 Å². The maximum atomic E-state index is 3.50. The summed E-state index contributed by atoms with van der Waals surface area (Å²) < 4.78 is 0. The van der Waals surface area contributed by atoms with Gasteiger partial charge in [-0.2, -0.15) is 0 Å². The fourth-order valence-electron chi connectivity index (χ4n) is 2.40. The fraction of sp³-hybridized carbons (Fsp3) is 1.00. The van der Waals surface area contributed by atoms with Crippen molar-refractivity contribution < 1.29 is 0 Å². The minimum atomic E-state index is 0.286. The zero-order valence-corrected chi connectivity index (χ0v) is 9.78. The van der Waals surface area contributed by atoms with Crippen LogP contribution in [0, 0.1) is 0 Å². The van der Waals surface area contributed by atoms with Crippen LogP contribution in [-0.2, 0) is 0 Å². The number of hydrogen-bond acceptors (Lipinski definition) is 2. The lowest BCUT2D eigenvalue weighted by atomic mass is 9.94. The number of rotatable bonds is 0. The van der Waals surface area contributed by atoms with Crippen LogP contribution in [0.25, 0.3) is 0 Å². The Morgan fingerprint density at radius 2 is 1.85 bits per heavy atom. The third-order valence-electron chi connectivity index (χ3n) is 2.83. The molecule has 0 amide bonds. The highest BCUT2D eigenvalue weighted by atomic mass is 15.3. The summed E-state index contributed by atoms with van der Waals surface area (Å²) in [7, 11) is 0. The first-order chi connectivity index (χ1) is 5.84. The smallest absolute Gasteiger partial charge is 0.0282 e. The largest absolute Gasteiger partial charge is 0.315 e. The molecule has 1 aliphatic rings. The van der Waals surface area contributed by atoms with Crippen molar-refractivity contribution in [3.8, 4) is 0 Å². The van der Waals surface area contributed by atoms with Gasteiger partial charge in [0.2, 0.25) is 0 Å². The van der Waals surface area contributed by atoms with Crippen LogP contribution in [0.3, 0.4) is 0 Å². The Balaban J connectivity index is 2.78. The van der Waals surface area contributed by atoms with E-state index in [4.69, 9.17) is 0 Å². The van der Waals surface area contributed by atoms with E-state index in [0.29, 0.717) is 0 Å². The molecule has 1 N–H and O–H groups in total. The molecule has 0 aliphatic carbocycles. The van der Waals surface area contributed by atoms with Crippen LogP contribution in [0.2, 0.25) is 0 Å². The Morgan fingerprint density at radius 3 is 2.38 bits per heavy atom. The molecule has 0 spiro atoms. The third-order valence-corrected chi connectivity index (χ3v) is 2.83. The second-order valence-electron chi connectivity index (χ2n) is 5.67. The van der Waals surface area contributed by atoms with Gasteiger partial charge in [0.05, 0.1) is 0 Å². The summed E-state index contributed by atoms with van der Waals surface area (Å²) >= 11 is 0. The molecular weight excluding hydrogens is 160 g/mol. The molecule has 13 heavy (non-hydrogen) atoms. The van der Waals surface area contributed by atoms with E-state index in [-0.39, 0.29) is 11.1 Å². The Labute approximate surface area is 82.7 Å². The van der Waals surface area contributed by atoms with Crippen LogP contribution in [0.15, 0.2) is 0 Å². The van der Waals surface area contributed by atoms with Crippen LogP contribution in [0.5, 0.6) is 0 Å². The molecule has 1 fully saturated rings. The van der Waals surface area contributed by atoms with Crippen LogP contribution in [0.1, 0.15) is 41.0 Å². The summed E-state index contributed by atoms with van der Waals surface area (Å²) in [4.78, 5) is 2.61.